The number of anilines is 1. The van der Waals surface area contributed by atoms with E-state index in [1.807, 2.05) is 0 Å². The summed E-state index contributed by atoms with van der Waals surface area (Å²) in [7, 11) is 5.95. The Morgan fingerprint density at radius 1 is 0.893 bits per heavy atom. The van der Waals surface area contributed by atoms with Crippen molar-refractivity contribution in [3.05, 3.63) is 52.4 Å². The Labute approximate surface area is 160 Å². The Morgan fingerprint density at radius 3 is 2.14 bits per heavy atom. The van der Waals surface area contributed by atoms with E-state index in [1.54, 1.807) is 30.3 Å². The highest BCUT2D eigenvalue weighted by Gasteiger charge is 2.17. The molecule has 0 spiro atoms. The second-order valence-electron chi connectivity index (χ2n) is 5.71. The Balaban J connectivity index is 2.03. The van der Waals surface area contributed by atoms with E-state index < -0.39 is 11.5 Å². The zero-order valence-electron chi connectivity index (χ0n) is 15.8. The molecular weight excluding hydrogens is 366 g/mol. The third-order valence-electron chi connectivity index (χ3n) is 4.12. The van der Waals surface area contributed by atoms with Gasteiger partial charge in [0.15, 0.2) is 11.5 Å². The van der Waals surface area contributed by atoms with Gasteiger partial charge in [-0.2, -0.15) is 0 Å². The third-order valence-corrected chi connectivity index (χ3v) is 4.12. The molecule has 8 nitrogen and oxygen atoms in total. The highest BCUT2D eigenvalue weighted by Crippen LogP contribution is 2.40. The highest BCUT2D eigenvalue weighted by molar-refractivity contribution is 6.12. The quantitative estimate of drug-likeness (QED) is 0.651. The highest BCUT2D eigenvalue weighted by atomic mass is 16.5. The number of fused-ring (bicyclic) bond motifs is 1. The molecule has 0 aliphatic heterocycles. The number of methoxy groups -OCH3 is 4. The van der Waals surface area contributed by atoms with Crippen molar-refractivity contribution in [2.75, 3.05) is 33.8 Å². The minimum Gasteiger partial charge on any atom is -0.497 e. The summed E-state index contributed by atoms with van der Waals surface area (Å²) < 4.78 is 26.1. The molecule has 0 fully saturated rings. The summed E-state index contributed by atoms with van der Waals surface area (Å²) in [5, 5.41) is 3.22. The molecule has 0 aliphatic rings. The van der Waals surface area contributed by atoms with Gasteiger partial charge in [-0.25, -0.2) is 4.79 Å². The summed E-state index contributed by atoms with van der Waals surface area (Å²) in [5.74, 6) is 1.20. The summed E-state index contributed by atoms with van der Waals surface area (Å²) in [6.07, 6.45) is 0. The maximum absolute atomic E-state index is 12.9. The predicted molar refractivity (Wildman–Crippen MR) is 103 cm³/mol. The number of hydrogen-bond acceptors (Lipinski definition) is 7. The van der Waals surface area contributed by atoms with Crippen molar-refractivity contribution >= 4 is 22.6 Å². The smallest absolute Gasteiger partial charge is 0.337 e. The van der Waals surface area contributed by atoms with E-state index in [0.717, 1.165) is 6.07 Å². The number of ether oxygens (including phenoxy) is 4. The van der Waals surface area contributed by atoms with Gasteiger partial charge in [0.05, 0.1) is 34.0 Å². The number of carbonyl (C=O) groups excluding carboxylic acids is 1. The number of carbonyl (C=O) groups is 1. The van der Waals surface area contributed by atoms with Crippen molar-refractivity contribution in [3.8, 4) is 23.0 Å². The first-order valence-corrected chi connectivity index (χ1v) is 8.24. The molecule has 0 bridgehead atoms. The summed E-state index contributed by atoms with van der Waals surface area (Å²) in [6.45, 7) is 0. The summed E-state index contributed by atoms with van der Waals surface area (Å²) in [4.78, 5) is 24.8. The van der Waals surface area contributed by atoms with Crippen molar-refractivity contribution in [2.24, 2.45) is 0 Å². The minimum absolute atomic E-state index is 0.169. The van der Waals surface area contributed by atoms with E-state index in [1.165, 1.54) is 28.4 Å². The van der Waals surface area contributed by atoms with Gasteiger partial charge < -0.3 is 28.7 Å². The van der Waals surface area contributed by atoms with Gasteiger partial charge in [0.25, 0.3) is 5.91 Å². The Morgan fingerprint density at radius 2 is 1.57 bits per heavy atom. The molecular formula is C20H19NO7. The number of benzene rings is 2. The van der Waals surface area contributed by atoms with Gasteiger partial charge in [0.1, 0.15) is 11.3 Å². The molecule has 0 aliphatic carbocycles. The molecule has 1 aromatic heterocycles. The lowest BCUT2D eigenvalue weighted by Gasteiger charge is -2.15. The number of nitrogens with one attached hydrogen (secondary N) is 1. The topological polar surface area (TPSA) is 96.2 Å². The van der Waals surface area contributed by atoms with Gasteiger partial charge in [-0.15, -0.1) is 0 Å². The van der Waals surface area contributed by atoms with Gasteiger partial charge in [0, 0.05) is 35.3 Å². The fraction of sp³-hybridized carbons (Fsp3) is 0.200. The van der Waals surface area contributed by atoms with Gasteiger partial charge in [-0.1, -0.05) is 0 Å². The largest absolute Gasteiger partial charge is 0.497 e. The number of rotatable bonds is 6. The fourth-order valence-electron chi connectivity index (χ4n) is 2.81. The monoisotopic (exact) mass is 385 g/mol. The molecule has 2 aromatic carbocycles. The Bertz CT molecular complexity index is 1060. The standard InChI is InChI=1S/C20H19NO7/c1-24-12-5-6-13-14(10-18(22)28-15(13)9-12)20(23)21-11-7-16(25-2)19(27-4)17(8-11)26-3/h5-10H,1-4H3,(H,21,23). The van der Waals surface area contributed by atoms with Crippen LogP contribution in [0.2, 0.25) is 0 Å². The van der Waals surface area contributed by atoms with Crippen LogP contribution in [-0.4, -0.2) is 34.3 Å². The van der Waals surface area contributed by atoms with Crippen LogP contribution in [0.25, 0.3) is 11.0 Å². The Kier molecular flexibility index (Phi) is 5.39. The van der Waals surface area contributed by atoms with Crippen molar-refractivity contribution in [3.63, 3.8) is 0 Å². The summed E-state index contributed by atoms with van der Waals surface area (Å²) in [5.41, 5.74) is 0.190. The van der Waals surface area contributed by atoms with E-state index in [9.17, 15) is 9.59 Å². The van der Waals surface area contributed by atoms with Crippen LogP contribution < -0.4 is 29.9 Å². The molecule has 0 radical (unpaired) electrons. The van der Waals surface area contributed by atoms with Crippen LogP contribution in [0.15, 0.2) is 45.6 Å². The molecule has 0 saturated heterocycles. The van der Waals surface area contributed by atoms with Gasteiger partial charge >= 0.3 is 5.63 Å². The van der Waals surface area contributed by atoms with E-state index in [-0.39, 0.29) is 11.1 Å². The van der Waals surface area contributed by atoms with Crippen LogP contribution in [0.5, 0.6) is 23.0 Å². The van der Waals surface area contributed by atoms with Gasteiger partial charge in [0.2, 0.25) is 5.75 Å². The van der Waals surface area contributed by atoms with Crippen molar-refractivity contribution in [1.82, 2.24) is 0 Å². The lowest BCUT2D eigenvalue weighted by atomic mass is 10.1. The summed E-state index contributed by atoms with van der Waals surface area (Å²) in [6, 6.07) is 9.21. The lowest BCUT2D eigenvalue weighted by molar-refractivity contribution is 0.102. The number of hydrogen-bond donors (Lipinski definition) is 1. The molecule has 3 aromatic rings. The average molecular weight is 385 g/mol. The van der Waals surface area contributed by atoms with Gasteiger partial charge in [-0.05, 0) is 12.1 Å². The third kappa shape index (κ3) is 3.57. The second kappa shape index (κ2) is 7.91. The van der Waals surface area contributed by atoms with Crippen molar-refractivity contribution in [2.45, 2.75) is 0 Å². The molecule has 1 amide bonds. The van der Waals surface area contributed by atoms with E-state index >= 15 is 0 Å². The second-order valence-corrected chi connectivity index (χ2v) is 5.71. The molecule has 0 saturated carbocycles. The van der Waals surface area contributed by atoms with Crippen LogP contribution in [0, 0.1) is 0 Å². The van der Waals surface area contributed by atoms with Crippen LogP contribution >= 0.6 is 0 Å². The van der Waals surface area contributed by atoms with Crippen LogP contribution in [0.1, 0.15) is 10.4 Å². The molecule has 1 N–H and O–H groups in total. The minimum atomic E-state index is -0.643. The molecule has 3 rings (SSSR count). The van der Waals surface area contributed by atoms with Crippen LogP contribution in [0.3, 0.4) is 0 Å². The van der Waals surface area contributed by atoms with Crippen LogP contribution in [0.4, 0.5) is 5.69 Å². The first-order valence-electron chi connectivity index (χ1n) is 8.24. The van der Waals surface area contributed by atoms with Crippen molar-refractivity contribution in [1.29, 1.82) is 0 Å². The lowest BCUT2D eigenvalue weighted by Crippen LogP contribution is -2.15. The average Bonchev–Trinajstić information content (AvgIpc) is 2.71. The maximum Gasteiger partial charge on any atom is 0.337 e. The van der Waals surface area contributed by atoms with E-state index in [4.69, 9.17) is 23.4 Å². The summed E-state index contributed by atoms with van der Waals surface area (Å²) >= 11 is 0. The molecule has 146 valence electrons. The number of amides is 1. The SMILES string of the molecule is COc1ccc2c(C(=O)Nc3cc(OC)c(OC)c(OC)c3)cc(=O)oc2c1. The Hall–Kier alpha value is -3.68. The first kappa shape index (κ1) is 19.1. The predicted octanol–water partition coefficient (Wildman–Crippen LogP) is 3.08. The molecule has 0 atom stereocenters. The zero-order valence-corrected chi connectivity index (χ0v) is 15.8. The van der Waals surface area contributed by atoms with Gasteiger partial charge in [-0.3, -0.25) is 4.79 Å². The molecule has 28 heavy (non-hydrogen) atoms. The normalized spacial score (nSPS) is 10.4. The molecule has 8 heteroatoms. The zero-order chi connectivity index (χ0) is 20.3. The van der Waals surface area contributed by atoms with Crippen LogP contribution in [-0.2, 0) is 0 Å². The first-order chi connectivity index (χ1) is 13.5. The molecule has 1 heterocycles. The van der Waals surface area contributed by atoms with E-state index in [0.29, 0.717) is 34.1 Å². The fourth-order valence-corrected chi connectivity index (χ4v) is 2.81. The van der Waals surface area contributed by atoms with E-state index in [2.05, 4.69) is 5.32 Å². The molecule has 0 unspecified atom stereocenters. The maximum atomic E-state index is 12.9. The van der Waals surface area contributed by atoms with Crippen molar-refractivity contribution < 1.29 is 28.2 Å².